The van der Waals surface area contributed by atoms with Crippen LogP contribution in [0.5, 0.6) is 5.75 Å². The number of aliphatic hydroxyl groups excluding tert-OH is 1. The molecule has 2 nitrogen and oxygen atoms in total. The number of halogens is 1. The summed E-state index contributed by atoms with van der Waals surface area (Å²) in [5, 5.41) is 10.5. The topological polar surface area (TPSA) is 29.5 Å². The number of ether oxygens (including phenoxy) is 1. The smallest absolute Gasteiger partial charge is 0.128 e. The number of benzene rings is 1. The van der Waals surface area contributed by atoms with Crippen molar-refractivity contribution in [3.63, 3.8) is 0 Å². The highest BCUT2D eigenvalue weighted by atomic mass is 79.9. The zero-order valence-corrected chi connectivity index (χ0v) is 13.8. The molecule has 0 fully saturated rings. The van der Waals surface area contributed by atoms with Crippen LogP contribution in [-0.4, -0.2) is 11.7 Å². The van der Waals surface area contributed by atoms with E-state index in [1.54, 1.807) is 0 Å². The summed E-state index contributed by atoms with van der Waals surface area (Å²) >= 11 is 3.52. The molecule has 1 aliphatic heterocycles. The molecule has 0 saturated carbocycles. The van der Waals surface area contributed by atoms with Crippen LogP contribution < -0.4 is 4.74 Å². The third kappa shape index (κ3) is 3.32. The minimum Gasteiger partial charge on any atom is -0.493 e. The molecule has 1 aromatic rings. The molecule has 2 unspecified atom stereocenters. The van der Waals surface area contributed by atoms with Gasteiger partial charge in [0.15, 0.2) is 0 Å². The summed E-state index contributed by atoms with van der Waals surface area (Å²) in [6, 6.07) is 4.08. The summed E-state index contributed by atoms with van der Waals surface area (Å²) in [6.45, 7) is 9.56. The molecule has 1 N–H and O–H groups in total. The van der Waals surface area contributed by atoms with Gasteiger partial charge in [-0.25, -0.2) is 0 Å². The lowest BCUT2D eigenvalue weighted by Crippen LogP contribution is -2.20. The number of fused-ring (bicyclic) bond motifs is 1. The van der Waals surface area contributed by atoms with Gasteiger partial charge >= 0.3 is 0 Å². The van der Waals surface area contributed by atoms with Crippen LogP contribution >= 0.6 is 15.9 Å². The zero-order valence-electron chi connectivity index (χ0n) is 12.2. The average molecular weight is 327 g/mol. The van der Waals surface area contributed by atoms with Crippen LogP contribution in [0.25, 0.3) is 0 Å². The Morgan fingerprint density at radius 3 is 2.68 bits per heavy atom. The van der Waals surface area contributed by atoms with E-state index in [2.05, 4.69) is 49.7 Å². The molecule has 0 radical (unpaired) electrons. The predicted octanol–water partition coefficient (Wildman–Crippen LogP) is 4.49. The first-order valence-corrected chi connectivity index (χ1v) is 7.71. The lowest BCUT2D eigenvalue weighted by Gasteiger charge is -2.29. The van der Waals surface area contributed by atoms with Gasteiger partial charge in [-0.15, -0.1) is 0 Å². The van der Waals surface area contributed by atoms with Gasteiger partial charge < -0.3 is 9.84 Å². The van der Waals surface area contributed by atoms with E-state index in [0.29, 0.717) is 5.92 Å². The van der Waals surface area contributed by atoms with Crippen molar-refractivity contribution in [1.82, 2.24) is 0 Å². The fourth-order valence-corrected chi connectivity index (χ4v) is 2.88. The number of hydrogen-bond donors (Lipinski definition) is 1. The second kappa shape index (κ2) is 5.45. The lowest BCUT2D eigenvalue weighted by molar-refractivity contribution is 0.108. The molecule has 0 aromatic heterocycles. The van der Waals surface area contributed by atoms with E-state index in [1.165, 1.54) is 5.56 Å². The Morgan fingerprint density at radius 1 is 1.37 bits per heavy atom. The molecular formula is C16H23BrO2. The van der Waals surface area contributed by atoms with Gasteiger partial charge in [0.2, 0.25) is 0 Å². The highest BCUT2D eigenvalue weighted by Crippen LogP contribution is 2.40. The number of aliphatic hydroxyl groups is 1. The predicted molar refractivity (Wildman–Crippen MR) is 81.5 cm³/mol. The fraction of sp³-hybridized carbons (Fsp3) is 0.625. The first kappa shape index (κ1) is 14.9. The summed E-state index contributed by atoms with van der Waals surface area (Å²) in [7, 11) is 0. The van der Waals surface area contributed by atoms with Crippen molar-refractivity contribution in [2.45, 2.75) is 46.6 Å². The van der Waals surface area contributed by atoms with E-state index in [9.17, 15) is 5.11 Å². The monoisotopic (exact) mass is 326 g/mol. The quantitative estimate of drug-likeness (QED) is 0.886. The van der Waals surface area contributed by atoms with Crippen LogP contribution in [0.1, 0.15) is 51.3 Å². The third-order valence-corrected chi connectivity index (χ3v) is 4.65. The summed E-state index contributed by atoms with van der Waals surface area (Å²) in [5.41, 5.74) is 2.33. The summed E-state index contributed by atoms with van der Waals surface area (Å²) in [5.74, 6) is 1.34. The van der Waals surface area contributed by atoms with Crippen LogP contribution in [0.3, 0.4) is 0 Å². The van der Waals surface area contributed by atoms with Crippen molar-refractivity contribution in [2.75, 3.05) is 6.61 Å². The SMILES string of the molecule is CC(CC(O)c1cc(Br)cc2c1OCC2)C(C)(C)C. The number of rotatable bonds is 3. The highest BCUT2D eigenvalue weighted by molar-refractivity contribution is 9.10. The molecule has 1 heterocycles. The Morgan fingerprint density at radius 2 is 2.05 bits per heavy atom. The molecule has 0 bridgehead atoms. The molecule has 3 heteroatoms. The van der Waals surface area contributed by atoms with Crippen molar-refractivity contribution in [1.29, 1.82) is 0 Å². The van der Waals surface area contributed by atoms with Gasteiger partial charge in [-0.05, 0) is 35.4 Å². The van der Waals surface area contributed by atoms with Crippen LogP contribution in [-0.2, 0) is 6.42 Å². The Hall–Kier alpha value is -0.540. The molecular weight excluding hydrogens is 304 g/mol. The second-order valence-electron chi connectivity index (χ2n) is 6.60. The van der Waals surface area contributed by atoms with E-state index in [1.807, 2.05) is 6.07 Å². The standard InChI is InChI=1S/C16H23BrO2/c1-10(16(2,3)4)7-14(18)13-9-12(17)8-11-5-6-19-15(11)13/h8-10,14,18H,5-7H2,1-4H3. The molecule has 1 aromatic carbocycles. The van der Waals surface area contributed by atoms with Gasteiger partial charge in [-0.1, -0.05) is 43.6 Å². The molecule has 0 spiro atoms. The van der Waals surface area contributed by atoms with Gasteiger partial charge in [0, 0.05) is 16.5 Å². The molecule has 0 saturated heterocycles. The van der Waals surface area contributed by atoms with Gasteiger partial charge in [-0.3, -0.25) is 0 Å². The first-order chi connectivity index (χ1) is 8.79. The molecule has 1 aliphatic rings. The Kier molecular flexibility index (Phi) is 4.26. The number of hydrogen-bond acceptors (Lipinski definition) is 2. The maximum atomic E-state index is 10.5. The Balaban J connectivity index is 2.22. The second-order valence-corrected chi connectivity index (χ2v) is 7.52. The van der Waals surface area contributed by atoms with Gasteiger partial charge in [0.25, 0.3) is 0 Å². The minimum absolute atomic E-state index is 0.205. The van der Waals surface area contributed by atoms with E-state index in [-0.39, 0.29) is 5.41 Å². The zero-order chi connectivity index (χ0) is 14.2. The van der Waals surface area contributed by atoms with Crippen molar-refractivity contribution in [3.8, 4) is 5.75 Å². The van der Waals surface area contributed by atoms with Crippen molar-refractivity contribution in [3.05, 3.63) is 27.7 Å². The molecule has 2 rings (SSSR count). The maximum Gasteiger partial charge on any atom is 0.128 e. The molecule has 2 atom stereocenters. The summed E-state index contributed by atoms with van der Waals surface area (Å²) < 4.78 is 6.71. The Bertz CT molecular complexity index is 463. The first-order valence-electron chi connectivity index (χ1n) is 6.92. The van der Waals surface area contributed by atoms with Gasteiger partial charge in [0.1, 0.15) is 5.75 Å². The maximum absolute atomic E-state index is 10.5. The average Bonchev–Trinajstić information content (AvgIpc) is 2.74. The highest BCUT2D eigenvalue weighted by Gasteiger charge is 2.27. The van der Waals surface area contributed by atoms with Crippen molar-refractivity contribution < 1.29 is 9.84 Å². The third-order valence-electron chi connectivity index (χ3n) is 4.19. The van der Waals surface area contributed by atoms with E-state index < -0.39 is 6.10 Å². The van der Waals surface area contributed by atoms with Crippen LogP contribution in [0, 0.1) is 11.3 Å². The summed E-state index contributed by atoms with van der Waals surface area (Å²) in [4.78, 5) is 0. The summed E-state index contributed by atoms with van der Waals surface area (Å²) in [6.07, 6.45) is 1.23. The molecule has 0 amide bonds. The molecule has 0 aliphatic carbocycles. The molecule has 106 valence electrons. The fourth-order valence-electron chi connectivity index (χ4n) is 2.36. The van der Waals surface area contributed by atoms with E-state index in [0.717, 1.165) is 35.2 Å². The van der Waals surface area contributed by atoms with Crippen molar-refractivity contribution >= 4 is 15.9 Å². The van der Waals surface area contributed by atoms with Crippen molar-refractivity contribution in [2.24, 2.45) is 11.3 Å². The van der Waals surface area contributed by atoms with E-state index in [4.69, 9.17) is 4.74 Å². The van der Waals surface area contributed by atoms with E-state index >= 15 is 0 Å². The van der Waals surface area contributed by atoms with Crippen LogP contribution in [0.15, 0.2) is 16.6 Å². The van der Waals surface area contributed by atoms with Gasteiger partial charge in [0.05, 0.1) is 12.7 Å². The minimum atomic E-state index is -0.460. The van der Waals surface area contributed by atoms with Crippen LogP contribution in [0.4, 0.5) is 0 Å². The Labute approximate surface area is 124 Å². The lowest BCUT2D eigenvalue weighted by atomic mass is 9.78. The normalized spacial score (nSPS) is 17.8. The van der Waals surface area contributed by atoms with Crippen LogP contribution in [0.2, 0.25) is 0 Å². The largest absolute Gasteiger partial charge is 0.493 e. The van der Waals surface area contributed by atoms with Gasteiger partial charge in [-0.2, -0.15) is 0 Å². The molecule has 19 heavy (non-hydrogen) atoms.